The monoisotopic (exact) mass is 235 g/mol. The van der Waals surface area contributed by atoms with Crippen LogP contribution in [0.15, 0.2) is 18.3 Å². The van der Waals surface area contributed by atoms with Gasteiger partial charge in [0.25, 0.3) is 0 Å². The molecule has 1 atom stereocenters. The number of pyridine rings is 1. The lowest BCUT2D eigenvalue weighted by atomic mass is 10.0. The Kier molecular flexibility index (Phi) is 4.34. The van der Waals surface area contributed by atoms with Crippen LogP contribution in [0, 0.1) is 0 Å². The first kappa shape index (κ1) is 12.3. The van der Waals surface area contributed by atoms with E-state index < -0.39 is 0 Å². The molecular weight excluding hydrogens is 214 g/mol. The van der Waals surface area contributed by atoms with Crippen molar-refractivity contribution in [3.05, 3.63) is 24.0 Å². The van der Waals surface area contributed by atoms with Gasteiger partial charge in [-0.15, -0.1) is 0 Å². The number of nitrogens with zero attached hydrogens (tertiary/aromatic N) is 2. The summed E-state index contributed by atoms with van der Waals surface area (Å²) < 4.78 is 0. The number of rotatable bonds is 4. The Balaban J connectivity index is 2.02. The molecule has 1 aromatic heterocycles. The molecule has 1 unspecified atom stereocenters. The molecule has 0 aliphatic carbocycles. The first-order valence-electron chi connectivity index (χ1n) is 6.31. The molecule has 2 heterocycles. The molecule has 1 fully saturated rings. The van der Waals surface area contributed by atoms with Crippen LogP contribution in [0.5, 0.6) is 0 Å². The van der Waals surface area contributed by atoms with Crippen LogP contribution in [-0.4, -0.2) is 41.2 Å². The molecule has 4 nitrogen and oxygen atoms in total. The molecule has 1 aromatic rings. The molecule has 94 valence electrons. The molecule has 17 heavy (non-hydrogen) atoms. The summed E-state index contributed by atoms with van der Waals surface area (Å²) in [4.78, 5) is 6.73. The SMILES string of the molecule is CNc1ccnc(CN2CCCCC2CO)c1. The summed E-state index contributed by atoms with van der Waals surface area (Å²) in [7, 11) is 1.91. The van der Waals surface area contributed by atoms with Gasteiger partial charge in [-0.25, -0.2) is 0 Å². The topological polar surface area (TPSA) is 48.4 Å². The standard InChI is InChI=1S/C13H21N3O/c1-14-11-5-6-15-12(8-11)9-16-7-3-2-4-13(16)10-17/h5-6,8,13,17H,2-4,7,9-10H2,1H3,(H,14,15). The van der Waals surface area contributed by atoms with Gasteiger partial charge in [0.15, 0.2) is 0 Å². The fraction of sp³-hybridized carbons (Fsp3) is 0.615. The minimum atomic E-state index is 0.256. The van der Waals surface area contributed by atoms with E-state index in [1.807, 2.05) is 19.3 Å². The molecule has 1 aliphatic rings. The van der Waals surface area contributed by atoms with Gasteiger partial charge in [-0.1, -0.05) is 6.42 Å². The van der Waals surface area contributed by atoms with Crippen molar-refractivity contribution in [3.8, 4) is 0 Å². The number of nitrogens with one attached hydrogen (secondary N) is 1. The molecular formula is C13H21N3O. The number of aliphatic hydroxyl groups excluding tert-OH is 1. The third kappa shape index (κ3) is 3.17. The predicted octanol–water partition coefficient (Wildman–Crippen LogP) is 1.47. The zero-order valence-electron chi connectivity index (χ0n) is 10.4. The van der Waals surface area contributed by atoms with Crippen molar-refractivity contribution in [3.63, 3.8) is 0 Å². The molecule has 0 bridgehead atoms. The Morgan fingerprint density at radius 3 is 3.18 bits per heavy atom. The normalized spacial score (nSPS) is 21.4. The summed E-state index contributed by atoms with van der Waals surface area (Å²) in [6.07, 6.45) is 5.38. The van der Waals surface area contributed by atoms with E-state index in [2.05, 4.69) is 21.3 Å². The molecule has 4 heteroatoms. The van der Waals surface area contributed by atoms with Crippen molar-refractivity contribution in [2.45, 2.75) is 31.8 Å². The Bertz CT molecular complexity index is 356. The summed E-state index contributed by atoms with van der Waals surface area (Å²) in [5, 5.41) is 12.5. The fourth-order valence-corrected chi connectivity index (χ4v) is 2.40. The van der Waals surface area contributed by atoms with E-state index in [9.17, 15) is 5.11 Å². The maximum Gasteiger partial charge on any atom is 0.0587 e. The van der Waals surface area contributed by atoms with E-state index in [1.54, 1.807) is 0 Å². The average molecular weight is 235 g/mol. The highest BCUT2D eigenvalue weighted by atomic mass is 16.3. The lowest BCUT2D eigenvalue weighted by Gasteiger charge is -2.34. The van der Waals surface area contributed by atoms with Gasteiger partial charge in [-0.2, -0.15) is 0 Å². The van der Waals surface area contributed by atoms with E-state index in [-0.39, 0.29) is 6.61 Å². The van der Waals surface area contributed by atoms with Crippen LogP contribution in [0.2, 0.25) is 0 Å². The minimum Gasteiger partial charge on any atom is -0.395 e. The third-order valence-electron chi connectivity index (χ3n) is 3.43. The number of anilines is 1. The summed E-state index contributed by atoms with van der Waals surface area (Å²) in [6.45, 7) is 2.16. The third-order valence-corrected chi connectivity index (χ3v) is 3.43. The Labute approximate surface area is 103 Å². The van der Waals surface area contributed by atoms with Gasteiger partial charge in [0.1, 0.15) is 0 Å². The van der Waals surface area contributed by atoms with Gasteiger partial charge in [0.05, 0.1) is 12.3 Å². The van der Waals surface area contributed by atoms with E-state index in [4.69, 9.17) is 0 Å². The van der Waals surface area contributed by atoms with Crippen LogP contribution in [0.3, 0.4) is 0 Å². The maximum absolute atomic E-state index is 9.37. The Morgan fingerprint density at radius 1 is 1.53 bits per heavy atom. The quantitative estimate of drug-likeness (QED) is 0.829. The largest absolute Gasteiger partial charge is 0.395 e. The summed E-state index contributed by atoms with van der Waals surface area (Å²) >= 11 is 0. The second kappa shape index (κ2) is 5.98. The maximum atomic E-state index is 9.37. The predicted molar refractivity (Wildman–Crippen MR) is 68.9 cm³/mol. The van der Waals surface area contributed by atoms with Crippen LogP contribution >= 0.6 is 0 Å². The van der Waals surface area contributed by atoms with Crippen molar-refractivity contribution in [2.24, 2.45) is 0 Å². The van der Waals surface area contributed by atoms with Crippen LogP contribution in [-0.2, 0) is 6.54 Å². The highest BCUT2D eigenvalue weighted by molar-refractivity contribution is 5.42. The summed E-state index contributed by atoms with van der Waals surface area (Å²) in [6, 6.07) is 4.34. The van der Waals surface area contributed by atoms with Gasteiger partial charge >= 0.3 is 0 Å². The number of piperidine rings is 1. The van der Waals surface area contributed by atoms with E-state index in [1.165, 1.54) is 12.8 Å². The highest BCUT2D eigenvalue weighted by Crippen LogP contribution is 2.19. The summed E-state index contributed by atoms with van der Waals surface area (Å²) in [5.41, 5.74) is 2.16. The summed E-state index contributed by atoms with van der Waals surface area (Å²) in [5.74, 6) is 0. The average Bonchev–Trinajstić information content (AvgIpc) is 2.39. The number of hydrogen-bond donors (Lipinski definition) is 2. The van der Waals surface area contributed by atoms with Gasteiger partial charge in [-0.3, -0.25) is 9.88 Å². The molecule has 0 aromatic carbocycles. The minimum absolute atomic E-state index is 0.256. The zero-order chi connectivity index (χ0) is 12.1. The molecule has 0 radical (unpaired) electrons. The number of hydrogen-bond acceptors (Lipinski definition) is 4. The molecule has 1 saturated heterocycles. The molecule has 0 amide bonds. The van der Waals surface area contributed by atoms with Crippen molar-refractivity contribution in [1.82, 2.24) is 9.88 Å². The van der Waals surface area contributed by atoms with Gasteiger partial charge in [0.2, 0.25) is 0 Å². The lowest BCUT2D eigenvalue weighted by molar-refractivity contribution is 0.0831. The molecule has 2 N–H and O–H groups in total. The highest BCUT2D eigenvalue weighted by Gasteiger charge is 2.21. The first-order valence-corrected chi connectivity index (χ1v) is 6.31. The number of aliphatic hydroxyl groups is 1. The molecule has 0 spiro atoms. The Morgan fingerprint density at radius 2 is 2.41 bits per heavy atom. The van der Waals surface area contributed by atoms with Crippen LogP contribution < -0.4 is 5.32 Å². The van der Waals surface area contributed by atoms with Gasteiger partial charge in [0, 0.05) is 31.5 Å². The molecule has 0 saturated carbocycles. The number of likely N-dealkylation sites (tertiary alicyclic amines) is 1. The smallest absolute Gasteiger partial charge is 0.0587 e. The molecule has 1 aliphatic heterocycles. The molecule has 2 rings (SSSR count). The Hall–Kier alpha value is -1.13. The number of aromatic nitrogens is 1. The van der Waals surface area contributed by atoms with E-state index in [0.29, 0.717) is 6.04 Å². The first-order chi connectivity index (χ1) is 8.33. The lowest BCUT2D eigenvalue weighted by Crippen LogP contribution is -2.41. The van der Waals surface area contributed by atoms with Crippen molar-refractivity contribution < 1.29 is 5.11 Å². The van der Waals surface area contributed by atoms with E-state index in [0.717, 1.165) is 30.9 Å². The van der Waals surface area contributed by atoms with Crippen LogP contribution in [0.4, 0.5) is 5.69 Å². The van der Waals surface area contributed by atoms with Crippen LogP contribution in [0.1, 0.15) is 25.0 Å². The second-order valence-electron chi connectivity index (χ2n) is 4.59. The second-order valence-corrected chi connectivity index (χ2v) is 4.59. The van der Waals surface area contributed by atoms with E-state index >= 15 is 0 Å². The van der Waals surface area contributed by atoms with Crippen molar-refractivity contribution in [2.75, 3.05) is 25.5 Å². The van der Waals surface area contributed by atoms with Crippen molar-refractivity contribution >= 4 is 5.69 Å². The zero-order valence-corrected chi connectivity index (χ0v) is 10.4. The van der Waals surface area contributed by atoms with Gasteiger partial charge < -0.3 is 10.4 Å². The van der Waals surface area contributed by atoms with Gasteiger partial charge in [-0.05, 0) is 31.5 Å². The van der Waals surface area contributed by atoms with Crippen molar-refractivity contribution in [1.29, 1.82) is 0 Å². The van der Waals surface area contributed by atoms with Crippen LogP contribution in [0.25, 0.3) is 0 Å². The fourth-order valence-electron chi connectivity index (χ4n) is 2.40.